The summed E-state index contributed by atoms with van der Waals surface area (Å²) in [5.41, 5.74) is 9.49. The Morgan fingerprint density at radius 3 is 2.14 bits per heavy atom. The molecule has 2 aromatic rings. The molecular weight excluding hydrogens is 370 g/mol. The lowest BCUT2D eigenvalue weighted by molar-refractivity contribution is -0.130. The Bertz CT molecular complexity index is 909. The molecule has 0 atom stereocenters. The Hall–Kier alpha value is -3.35. The number of hydrogen-bond donors (Lipinski definition) is 3. The fourth-order valence-electron chi connectivity index (χ4n) is 2.61. The first-order valence-corrected chi connectivity index (χ1v) is 9.39. The van der Waals surface area contributed by atoms with Gasteiger partial charge in [0.1, 0.15) is 5.75 Å². The summed E-state index contributed by atoms with van der Waals surface area (Å²) < 4.78 is 5.44. The number of anilines is 1. The molecule has 0 aliphatic carbocycles. The van der Waals surface area contributed by atoms with E-state index >= 15 is 0 Å². The van der Waals surface area contributed by atoms with Crippen molar-refractivity contribution in [2.75, 3.05) is 11.9 Å². The lowest BCUT2D eigenvalue weighted by Crippen LogP contribution is -2.44. The summed E-state index contributed by atoms with van der Waals surface area (Å²) in [5, 5.41) is 2.75. The number of rotatable bonds is 7. The van der Waals surface area contributed by atoms with Gasteiger partial charge in [-0.3, -0.25) is 25.2 Å². The van der Waals surface area contributed by atoms with Crippen LogP contribution < -0.4 is 20.9 Å². The molecule has 0 aromatic heterocycles. The Labute approximate surface area is 170 Å². The van der Waals surface area contributed by atoms with Gasteiger partial charge in [-0.05, 0) is 62.6 Å². The molecular formula is C22H27N3O4. The predicted molar refractivity (Wildman–Crippen MR) is 111 cm³/mol. The van der Waals surface area contributed by atoms with Gasteiger partial charge in [0.25, 0.3) is 5.91 Å². The van der Waals surface area contributed by atoms with Gasteiger partial charge >= 0.3 is 0 Å². The van der Waals surface area contributed by atoms with Gasteiger partial charge in [-0.1, -0.05) is 23.8 Å². The maximum Gasteiger partial charge on any atom is 0.276 e. The fraction of sp³-hybridized carbons (Fsp3) is 0.318. The van der Waals surface area contributed by atoms with Gasteiger partial charge in [-0.2, -0.15) is 0 Å². The van der Waals surface area contributed by atoms with Crippen LogP contribution >= 0.6 is 0 Å². The van der Waals surface area contributed by atoms with Crippen LogP contribution in [0, 0.1) is 27.7 Å². The van der Waals surface area contributed by atoms with Crippen LogP contribution in [0.3, 0.4) is 0 Å². The van der Waals surface area contributed by atoms with E-state index in [0.29, 0.717) is 11.4 Å². The van der Waals surface area contributed by atoms with Crippen molar-refractivity contribution in [1.82, 2.24) is 10.9 Å². The van der Waals surface area contributed by atoms with Crippen LogP contribution in [-0.4, -0.2) is 24.3 Å². The molecule has 2 rings (SSSR count). The minimum Gasteiger partial charge on any atom is -0.483 e. The zero-order valence-corrected chi connectivity index (χ0v) is 17.2. The second-order valence-corrected chi connectivity index (χ2v) is 7.00. The quantitative estimate of drug-likeness (QED) is 0.626. The predicted octanol–water partition coefficient (Wildman–Crippen LogP) is 2.87. The second kappa shape index (κ2) is 10.3. The smallest absolute Gasteiger partial charge is 0.276 e. The molecule has 154 valence electrons. The van der Waals surface area contributed by atoms with E-state index in [9.17, 15) is 14.4 Å². The minimum atomic E-state index is -0.488. The zero-order valence-electron chi connectivity index (χ0n) is 17.2. The van der Waals surface area contributed by atoms with Crippen LogP contribution in [0.15, 0.2) is 36.4 Å². The van der Waals surface area contributed by atoms with Crippen LogP contribution in [-0.2, 0) is 14.4 Å². The van der Waals surface area contributed by atoms with Crippen molar-refractivity contribution in [2.45, 2.75) is 40.5 Å². The first-order valence-electron chi connectivity index (χ1n) is 9.39. The van der Waals surface area contributed by atoms with Gasteiger partial charge in [0.15, 0.2) is 6.61 Å². The summed E-state index contributed by atoms with van der Waals surface area (Å²) in [6, 6.07) is 11.3. The first kappa shape index (κ1) is 21.9. The third-order valence-corrected chi connectivity index (χ3v) is 4.40. The molecule has 2 aromatic carbocycles. The van der Waals surface area contributed by atoms with Crippen molar-refractivity contribution < 1.29 is 19.1 Å². The lowest BCUT2D eigenvalue weighted by atomic mass is 10.1. The van der Waals surface area contributed by atoms with E-state index in [0.717, 1.165) is 22.3 Å². The van der Waals surface area contributed by atoms with Gasteiger partial charge in [-0.25, -0.2) is 0 Å². The van der Waals surface area contributed by atoms with Gasteiger partial charge in [0.2, 0.25) is 11.8 Å². The molecule has 29 heavy (non-hydrogen) atoms. The van der Waals surface area contributed by atoms with Gasteiger partial charge in [0.05, 0.1) is 0 Å². The van der Waals surface area contributed by atoms with Crippen molar-refractivity contribution in [1.29, 1.82) is 0 Å². The Kier molecular flexibility index (Phi) is 7.77. The Morgan fingerprint density at radius 1 is 0.759 bits per heavy atom. The van der Waals surface area contributed by atoms with E-state index < -0.39 is 11.8 Å². The number of hydrogen-bond acceptors (Lipinski definition) is 4. The molecule has 7 heteroatoms. The summed E-state index contributed by atoms with van der Waals surface area (Å²) in [7, 11) is 0. The zero-order chi connectivity index (χ0) is 21.4. The molecule has 0 aliphatic heterocycles. The highest BCUT2D eigenvalue weighted by Gasteiger charge is 2.10. The van der Waals surface area contributed by atoms with Crippen molar-refractivity contribution in [3.8, 4) is 5.75 Å². The van der Waals surface area contributed by atoms with E-state index in [1.807, 2.05) is 58.0 Å². The summed E-state index contributed by atoms with van der Waals surface area (Å²) in [6.45, 7) is 7.60. The average Bonchev–Trinajstić information content (AvgIpc) is 2.67. The van der Waals surface area contributed by atoms with Crippen LogP contribution in [0.5, 0.6) is 5.75 Å². The number of ether oxygens (including phenoxy) is 1. The van der Waals surface area contributed by atoms with Crippen molar-refractivity contribution in [3.05, 3.63) is 58.7 Å². The number of carbonyl (C=O) groups excluding carboxylic acids is 3. The van der Waals surface area contributed by atoms with Crippen LogP contribution in [0.1, 0.15) is 35.1 Å². The van der Waals surface area contributed by atoms with E-state index in [4.69, 9.17) is 4.74 Å². The standard InChI is InChI=1S/C22H27N3O4/c1-14-5-8-19(17(4)11-14)29-13-22(28)25-24-21(27)10-9-20(26)23-18-7-6-15(2)16(3)12-18/h5-8,11-12H,9-10,13H2,1-4H3,(H,23,26)(H,24,27)(H,25,28). The molecule has 0 saturated heterocycles. The summed E-state index contributed by atoms with van der Waals surface area (Å²) in [4.78, 5) is 35.6. The number of nitrogens with one attached hydrogen (secondary N) is 3. The first-order chi connectivity index (χ1) is 13.7. The molecule has 0 saturated carbocycles. The highest BCUT2D eigenvalue weighted by atomic mass is 16.5. The molecule has 0 unspecified atom stereocenters. The monoisotopic (exact) mass is 397 g/mol. The second-order valence-electron chi connectivity index (χ2n) is 7.00. The van der Waals surface area contributed by atoms with Crippen LogP contribution in [0.25, 0.3) is 0 Å². The molecule has 3 amide bonds. The van der Waals surface area contributed by atoms with E-state index in [1.165, 1.54) is 0 Å². The van der Waals surface area contributed by atoms with Gasteiger partial charge in [-0.15, -0.1) is 0 Å². The van der Waals surface area contributed by atoms with Gasteiger partial charge < -0.3 is 10.1 Å². The summed E-state index contributed by atoms with van der Waals surface area (Å²) >= 11 is 0. The topological polar surface area (TPSA) is 96.5 Å². The number of benzene rings is 2. The van der Waals surface area contributed by atoms with E-state index in [-0.39, 0.29) is 25.4 Å². The fourth-order valence-corrected chi connectivity index (χ4v) is 2.61. The Morgan fingerprint density at radius 2 is 1.45 bits per heavy atom. The maximum atomic E-state index is 12.0. The average molecular weight is 397 g/mol. The number of aryl methyl sites for hydroxylation is 4. The molecule has 7 nitrogen and oxygen atoms in total. The number of hydrazine groups is 1. The molecule has 0 bridgehead atoms. The third-order valence-electron chi connectivity index (χ3n) is 4.40. The third kappa shape index (κ3) is 7.29. The minimum absolute atomic E-state index is 0.00763. The normalized spacial score (nSPS) is 10.2. The van der Waals surface area contributed by atoms with Crippen LogP contribution in [0.4, 0.5) is 5.69 Å². The molecule has 0 aliphatic rings. The largest absolute Gasteiger partial charge is 0.483 e. The van der Waals surface area contributed by atoms with Crippen molar-refractivity contribution >= 4 is 23.4 Å². The summed E-state index contributed by atoms with van der Waals surface area (Å²) in [6.07, 6.45) is -0.0391. The maximum absolute atomic E-state index is 12.0. The SMILES string of the molecule is Cc1ccc(OCC(=O)NNC(=O)CCC(=O)Nc2ccc(C)c(C)c2)c(C)c1. The number of amides is 3. The van der Waals surface area contributed by atoms with Gasteiger partial charge in [0, 0.05) is 18.5 Å². The highest BCUT2D eigenvalue weighted by molar-refractivity contribution is 5.93. The molecule has 0 spiro atoms. The van der Waals surface area contributed by atoms with E-state index in [2.05, 4.69) is 16.2 Å². The molecule has 0 radical (unpaired) electrons. The highest BCUT2D eigenvalue weighted by Crippen LogP contribution is 2.18. The van der Waals surface area contributed by atoms with Crippen molar-refractivity contribution in [2.24, 2.45) is 0 Å². The Balaban J connectivity index is 1.67. The molecule has 0 heterocycles. The molecule has 3 N–H and O–H groups in total. The van der Waals surface area contributed by atoms with Crippen LogP contribution in [0.2, 0.25) is 0 Å². The van der Waals surface area contributed by atoms with Crippen molar-refractivity contribution in [3.63, 3.8) is 0 Å². The lowest BCUT2D eigenvalue weighted by Gasteiger charge is -2.11. The number of carbonyl (C=O) groups is 3. The summed E-state index contributed by atoms with van der Waals surface area (Å²) in [5.74, 6) is -0.606. The van der Waals surface area contributed by atoms with E-state index in [1.54, 1.807) is 6.07 Å². The molecule has 0 fully saturated rings.